The number of amides is 1. The van der Waals surface area contributed by atoms with E-state index in [0.29, 0.717) is 41.1 Å². The van der Waals surface area contributed by atoms with Gasteiger partial charge in [0, 0.05) is 12.2 Å². The van der Waals surface area contributed by atoms with Crippen molar-refractivity contribution in [2.45, 2.75) is 53.0 Å². The van der Waals surface area contributed by atoms with Crippen LogP contribution in [0.5, 0.6) is 0 Å². The van der Waals surface area contributed by atoms with Crippen molar-refractivity contribution in [2.75, 3.05) is 12.4 Å². The topological polar surface area (TPSA) is 59.0 Å². The van der Waals surface area contributed by atoms with Gasteiger partial charge in [0.05, 0.1) is 23.9 Å². The van der Waals surface area contributed by atoms with E-state index in [2.05, 4.69) is 31.0 Å². The van der Waals surface area contributed by atoms with Crippen LogP contribution in [0.25, 0.3) is 0 Å². The zero-order valence-corrected chi connectivity index (χ0v) is 18.0. The minimum atomic E-state index is -0.492. The Kier molecular flexibility index (Phi) is 6.28. The number of carbonyl (C=O) groups excluding carboxylic acids is 2. The second-order valence-electron chi connectivity index (χ2n) is 7.97. The SMILES string of the molecule is CC1=C(C(=O)OCC(C)C)[C@@H](c2ccc(C(C)C)cc2)N2C(=O)CCSC2=N1. The zero-order chi connectivity index (χ0) is 20.4. The van der Waals surface area contributed by atoms with E-state index in [1.807, 2.05) is 32.9 Å². The second kappa shape index (κ2) is 8.52. The van der Waals surface area contributed by atoms with Crippen LogP contribution in [0.1, 0.15) is 64.1 Å². The third kappa shape index (κ3) is 4.17. The fourth-order valence-corrected chi connectivity index (χ4v) is 4.36. The number of nitrogens with zero attached hydrogens (tertiary/aromatic N) is 2. The molecule has 5 nitrogen and oxygen atoms in total. The molecular weight excluding hydrogens is 372 g/mol. The maximum absolute atomic E-state index is 13.0. The predicted molar refractivity (Wildman–Crippen MR) is 113 cm³/mol. The van der Waals surface area contributed by atoms with Gasteiger partial charge in [-0.25, -0.2) is 9.79 Å². The number of thioether (sulfide) groups is 1. The summed E-state index contributed by atoms with van der Waals surface area (Å²) >= 11 is 1.56. The molecule has 150 valence electrons. The van der Waals surface area contributed by atoms with Crippen LogP contribution in [0.4, 0.5) is 0 Å². The van der Waals surface area contributed by atoms with E-state index in [9.17, 15) is 9.59 Å². The zero-order valence-electron chi connectivity index (χ0n) is 17.2. The van der Waals surface area contributed by atoms with Crippen molar-refractivity contribution >= 4 is 28.8 Å². The molecule has 28 heavy (non-hydrogen) atoms. The molecule has 1 fully saturated rings. The van der Waals surface area contributed by atoms with Gasteiger partial charge in [0.2, 0.25) is 5.91 Å². The summed E-state index contributed by atoms with van der Waals surface area (Å²) in [6.45, 7) is 10.4. The lowest BCUT2D eigenvalue weighted by Crippen LogP contribution is -2.45. The number of rotatable bonds is 5. The van der Waals surface area contributed by atoms with Crippen LogP contribution in [0.3, 0.4) is 0 Å². The van der Waals surface area contributed by atoms with E-state index in [1.54, 1.807) is 16.7 Å². The summed E-state index contributed by atoms with van der Waals surface area (Å²) in [7, 11) is 0. The number of hydrogen-bond donors (Lipinski definition) is 0. The summed E-state index contributed by atoms with van der Waals surface area (Å²) in [5.74, 6) is 0.974. The smallest absolute Gasteiger partial charge is 0.338 e. The van der Waals surface area contributed by atoms with Crippen molar-refractivity contribution in [3.8, 4) is 0 Å². The number of hydrogen-bond acceptors (Lipinski definition) is 5. The average Bonchev–Trinajstić information content (AvgIpc) is 2.65. The number of amidine groups is 1. The molecule has 1 amide bonds. The van der Waals surface area contributed by atoms with Crippen LogP contribution in [0.15, 0.2) is 40.5 Å². The quantitative estimate of drug-likeness (QED) is 0.675. The van der Waals surface area contributed by atoms with Crippen LogP contribution >= 0.6 is 11.8 Å². The summed E-state index contributed by atoms with van der Waals surface area (Å²) in [6, 6.07) is 7.67. The minimum Gasteiger partial charge on any atom is -0.462 e. The highest BCUT2D eigenvalue weighted by atomic mass is 32.2. The summed E-state index contributed by atoms with van der Waals surface area (Å²) < 4.78 is 5.53. The molecule has 2 heterocycles. The number of esters is 1. The first-order valence-corrected chi connectivity index (χ1v) is 10.8. The molecule has 0 spiro atoms. The van der Waals surface area contributed by atoms with E-state index in [1.165, 1.54) is 5.56 Å². The van der Waals surface area contributed by atoms with Gasteiger partial charge >= 0.3 is 5.97 Å². The fraction of sp³-hybridized carbons (Fsp3) is 0.500. The lowest BCUT2D eigenvalue weighted by atomic mass is 9.92. The molecule has 0 aromatic heterocycles. The maximum atomic E-state index is 13.0. The molecule has 2 aliphatic heterocycles. The lowest BCUT2D eigenvalue weighted by Gasteiger charge is -2.39. The Morgan fingerprint density at radius 1 is 1.25 bits per heavy atom. The van der Waals surface area contributed by atoms with Crippen molar-refractivity contribution in [3.05, 3.63) is 46.7 Å². The Morgan fingerprint density at radius 2 is 1.93 bits per heavy atom. The van der Waals surface area contributed by atoms with E-state index in [4.69, 9.17) is 4.74 Å². The molecule has 0 radical (unpaired) electrons. The van der Waals surface area contributed by atoms with Gasteiger partial charge in [-0.1, -0.05) is 63.7 Å². The van der Waals surface area contributed by atoms with Crippen LogP contribution in [0.2, 0.25) is 0 Å². The summed E-state index contributed by atoms with van der Waals surface area (Å²) in [5, 5.41) is 0.673. The molecular formula is C22H28N2O3S. The first-order chi connectivity index (χ1) is 13.3. The predicted octanol–water partition coefficient (Wildman–Crippen LogP) is 4.66. The lowest BCUT2D eigenvalue weighted by molar-refractivity contribution is -0.141. The molecule has 3 rings (SSSR count). The monoisotopic (exact) mass is 400 g/mol. The van der Waals surface area contributed by atoms with Crippen molar-refractivity contribution in [1.82, 2.24) is 4.90 Å². The van der Waals surface area contributed by atoms with E-state index in [-0.39, 0.29) is 11.8 Å². The average molecular weight is 401 g/mol. The minimum absolute atomic E-state index is 0.00269. The van der Waals surface area contributed by atoms with E-state index < -0.39 is 12.0 Å². The van der Waals surface area contributed by atoms with Gasteiger partial charge < -0.3 is 4.74 Å². The highest BCUT2D eigenvalue weighted by Crippen LogP contribution is 2.40. The van der Waals surface area contributed by atoms with Gasteiger partial charge in [-0.2, -0.15) is 0 Å². The highest BCUT2D eigenvalue weighted by Gasteiger charge is 2.41. The van der Waals surface area contributed by atoms with Gasteiger partial charge in [0.1, 0.15) is 0 Å². The van der Waals surface area contributed by atoms with E-state index in [0.717, 1.165) is 5.56 Å². The molecule has 0 N–H and O–H groups in total. The van der Waals surface area contributed by atoms with Crippen molar-refractivity contribution in [1.29, 1.82) is 0 Å². The Balaban J connectivity index is 2.05. The van der Waals surface area contributed by atoms with Crippen LogP contribution < -0.4 is 0 Å². The molecule has 1 saturated heterocycles. The number of fused-ring (bicyclic) bond motifs is 1. The number of ether oxygens (including phenoxy) is 1. The number of aliphatic imine (C=N–C) groups is 1. The molecule has 6 heteroatoms. The first kappa shape index (κ1) is 20.6. The molecule has 2 aliphatic rings. The second-order valence-corrected chi connectivity index (χ2v) is 9.03. The third-order valence-electron chi connectivity index (χ3n) is 4.89. The molecule has 1 aromatic carbocycles. The standard InChI is InChI=1S/C22H28N2O3S/c1-13(2)12-27-21(26)19-15(5)23-22-24(18(25)10-11-28-22)20(19)17-8-6-16(7-9-17)14(3)4/h6-9,13-14,20H,10-12H2,1-5H3/t20-/m1/s1. The van der Waals surface area contributed by atoms with Gasteiger partial charge in [-0.3, -0.25) is 9.69 Å². The van der Waals surface area contributed by atoms with Crippen LogP contribution in [-0.2, 0) is 14.3 Å². The summed E-state index contributed by atoms with van der Waals surface area (Å²) in [4.78, 5) is 32.0. The van der Waals surface area contributed by atoms with Crippen molar-refractivity contribution in [3.63, 3.8) is 0 Å². The van der Waals surface area contributed by atoms with Gasteiger partial charge in [-0.15, -0.1) is 0 Å². The number of benzene rings is 1. The summed E-state index contributed by atoms with van der Waals surface area (Å²) in [6.07, 6.45) is 0.442. The highest BCUT2D eigenvalue weighted by molar-refractivity contribution is 8.14. The number of allylic oxidation sites excluding steroid dienone is 1. The molecule has 1 aromatic rings. The normalized spacial score (nSPS) is 19.8. The largest absolute Gasteiger partial charge is 0.462 e. The van der Waals surface area contributed by atoms with E-state index >= 15 is 0 Å². The molecule has 1 atom stereocenters. The van der Waals surface area contributed by atoms with Gasteiger partial charge in [0.15, 0.2) is 5.17 Å². The molecule has 0 saturated carbocycles. The molecule has 0 unspecified atom stereocenters. The van der Waals surface area contributed by atoms with Gasteiger partial charge in [0.25, 0.3) is 0 Å². The Hall–Kier alpha value is -2.08. The fourth-order valence-electron chi connectivity index (χ4n) is 3.36. The number of carbonyl (C=O) groups is 2. The van der Waals surface area contributed by atoms with Crippen LogP contribution in [0, 0.1) is 5.92 Å². The van der Waals surface area contributed by atoms with Crippen molar-refractivity contribution < 1.29 is 14.3 Å². The first-order valence-electron chi connectivity index (χ1n) is 9.81. The Morgan fingerprint density at radius 3 is 2.54 bits per heavy atom. The third-order valence-corrected chi connectivity index (χ3v) is 5.85. The van der Waals surface area contributed by atoms with Gasteiger partial charge in [-0.05, 0) is 29.9 Å². The summed E-state index contributed by atoms with van der Waals surface area (Å²) in [5.41, 5.74) is 3.21. The molecule has 0 aliphatic carbocycles. The van der Waals surface area contributed by atoms with Crippen molar-refractivity contribution in [2.24, 2.45) is 10.9 Å². The Labute approximate surface area is 171 Å². The Bertz CT molecular complexity index is 825. The molecule has 0 bridgehead atoms. The maximum Gasteiger partial charge on any atom is 0.338 e. The van der Waals surface area contributed by atoms with Crippen LogP contribution in [-0.4, -0.2) is 34.3 Å².